The lowest BCUT2D eigenvalue weighted by molar-refractivity contribution is -0.113. The van der Waals surface area contributed by atoms with Gasteiger partial charge in [-0.15, -0.1) is 0 Å². The molecule has 0 N–H and O–H groups in total. The molecule has 0 amide bonds. The van der Waals surface area contributed by atoms with Gasteiger partial charge in [0.2, 0.25) is 0 Å². The molecule has 0 aliphatic carbocycles. The molecular weight excluding hydrogens is 152 g/mol. The molecule has 0 aliphatic rings. The average Bonchev–Trinajstić information content (AvgIpc) is 1.96. The van der Waals surface area contributed by atoms with Crippen LogP contribution in [0, 0.1) is 11.3 Å². The Hall–Kier alpha value is -1.56. The summed E-state index contributed by atoms with van der Waals surface area (Å²) in [6.07, 6.45) is 4.93. The normalized spacial score (nSPS) is 11.3. The molecule has 0 fully saturated rings. The van der Waals surface area contributed by atoms with E-state index in [1.165, 1.54) is 13.0 Å². The number of ketones is 1. The van der Waals surface area contributed by atoms with E-state index in [4.69, 9.17) is 5.26 Å². The fourth-order valence-electron chi connectivity index (χ4n) is 0.545. The van der Waals surface area contributed by atoms with Crippen molar-refractivity contribution in [3.05, 3.63) is 23.9 Å². The van der Waals surface area contributed by atoms with Crippen LogP contribution in [-0.2, 0) is 4.79 Å². The van der Waals surface area contributed by atoms with E-state index in [-0.39, 0.29) is 11.4 Å². The quantitative estimate of drug-likeness (QED) is 0.356. The van der Waals surface area contributed by atoms with Gasteiger partial charge in [0, 0.05) is 14.1 Å². The number of allylic oxidation sites excluding steroid dienone is 3. The van der Waals surface area contributed by atoms with Gasteiger partial charge in [0.25, 0.3) is 0 Å². The Kier molecular flexibility index (Phi) is 4.47. The summed E-state index contributed by atoms with van der Waals surface area (Å²) < 4.78 is 0. The zero-order chi connectivity index (χ0) is 9.56. The second kappa shape index (κ2) is 5.14. The summed E-state index contributed by atoms with van der Waals surface area (Å²) in [5.41, 5.74) is 0.174. The smallest absolute Gasteiger partial charge is 0.170 e. The highest BCUT2D eigenvalue weighted by atomic mass is 16.1. The first kappa shape index (κ1) is 10.4. The molecule has 0 aromatic rings. The molecular formula is C9H12N2O. The van der Waals surface area contributed by atoms with Crippen LogP contribution < -0.4 is 0 Å². The van der Waals surface area contributed by atoms with Gasteiger partial charge in [-0.2, -0.15) is 5.26 Å². The molecule has 0 saturated heterocycles. The third-order valence-electron chi connectivity index (χ3n) is 1.15. The van der Waals surface area contributed by atoms with Crippen molar-refractivity contribution >= 4 is 5.78 Å². The SMILES string of the molecule is CC(=O)C(C#N)=CC=CN(C)C. The molecule has 0 saturated carbocycles. The maximum absolute atomic E-state index is 10.7. The molecule has 0 atom stereocenters. The Morgan fingerprint density at radius 1 is 1.50 bits per heavy atom. The highest BCUT2D eigenvalue weighted by Gasteiger charge is 1.98. The van der Waals surface area contributed by atoms with Gasteiger partial charge in [-0.25, -0.2) is 0 Å². The molecule has 0 bridgehead atoms. The molecule has 0 rings (SSSR count). The van der Waals surface area contributed by atoms with Crippen LogP contribution in [0.3, 0.4) is 0 Å². The van der Waals surface area contributed by atoms with Crippen LogP contribution >= 0.6 is 0 Å². The van der Waals surface area contributed by atoms with Crippen molar-refractivity contribution in [2.45, 2.75) is 6.92 Å². The summed E-state index contributed by atoms with van der Waals surface area (Å²) in [6.45, 7) is 1.37. The number of hydrogen-bond acceptors (Lipinski definition) is 3. The van der Waals surface area contributed by atoms with Gasteiger partial charge >= 0.3 is 0 Å². The third kappa shape index (κ3) is 4.29. The summed E-state index contributed by atoms with van der Waals surface area (Å²) in [4.78, 5) is 12.5. The number of nitriles is 1. The van der Waals surface area contributed by atoms with Gasteiger partial charge in [0.1, 0.15) is 6.07 Å². The Bertz CT molecular complexity index is 256. The van der Waals surface area contributed by atoms with E-state index >= 15 is 0 Å². The van der Waals surface area contributed by atoms with Crippen molar-refractivity contribution in [1.82, 2.24) is 4.90 Å². The molecule has 0 aliphatic heterocycles. The predicted octanol–water partition coefficient (Wildman–Crippen LogP) is 1.10. The first-order valence-corrected chi connectivity index (χ1v) is 3.54. The topological polar surface area (TPSA) is 44.1 Å². The molecule has 0 unspecified atom stereocenters. The molecule has 0 spiro atoms. The second-order valence-corrected chi connectivity index (χ2v) is 2.55. The van der Waals surface area contributed by atoms with Crippen LogP contribution in [0.1, 0.15) is 6.92 Å². The van der Waals surface area contributed by atoms with Gasteiger partial charge in [-0.05, 0) is 25.3 Å². The Morgan fingerprint density at radius 3 is 2.42 bits per heavy atom. The van der Waals surface area contributed by atoms with Crippen LogP contribution in [0.15, 0.2) is 23.9 Å². The van der Waals surface area contributed by atoms with E-state index in [1.54, 1.807) is 12.3 Å². The van der Waals surface area contributed by atoms with Crippen LogP contribution in [0.4, 0.5) is 0 Å². The summed E-state index contributed by atoms with van der Waals surface area (Å²) in [6, 6.07) is 1.82. The Labute approximate surface area is 72.6 Å². The zero-order valence-electron chi connectivity index (χ0n) is 7.53. The second-order valence-electron chi connectivity index (χ2n) is 2.55. The molecule has 3 heteroatoms. The van der Waals surface area contributed by atoms with Crippen molar-refractivity contribution in [2.24, 2.45) is 0 Å². The zero-order valence-corrected chi connectivity index (χ0v) is 7.53. The maximum atomic E-state index is 10.7. The fraction of sp³-hybridized carbons (Fsp3) is 0.333. The van der Waals surface area contributed by atoms with E-state index in [1.807, 2.05) is 25.1 Å². The van der Waals surface area contributed by atoms with Gasteiger partial charge in [0.05, 0.1) is 5.57 Å². The molecule has 3 nitrogen and oxygen atoms in total. The monoisotopic (exact) mass is 164 g/mol. The fourth-order valence-corrected chi connectivity index (χ4v) is 0.545. The summed E-state index contributed by atoms with van der Waals surface area (Å²) >= 11 is 0. The van der Waals surface area contributed by atoms with E-state index in [2.05, 4.69) is 0 Å². The highest BCUT2D eigenvalue weighted by Crippen LogP contribution is 1.94. The lowest BCUT2D eigenvalue weighted by atomic mass is 10.2. The summed E-state index contributed by atoms with van der Waals surface area (Å²) in [5, 5.41) is 8.48. The van der Waals surface area contributed by atoms with Gasteiger partial charge < -0.3 is 4.90 Å². The lowest BCUT2D eigenvalue weighted by Gasteiger charge is -2.00. The first-order chi connectivity index (χ1) is 5.57. The predicted molar refractivity (Wildman–Crippen MR) is 47.2 cm³/mol. The van der Waals surface area contributed by atoms with Crippen molar-refractivity contribution in [3.63, 3.8) is 0 Å². The molecule has 12 heavy (non-hydrogen) atoms. The van der Waals surface area contributed by atoms with Crippen LogP contribution in [-0.4, -0.2) is 24.8 Å². The minimum atomic E-state index is -0.207. The number of rotatable bonds is 3. The van der Waals surface area contributed by atoms with E-state index in [9.17, 15) is 4.79 Å². The van der Waals surface area contributed by atoms with Crippen molar-refractivity contribution in [2.75, 3.05) is 14.1 Å². The van der Waals surface area contributed by atoms with Gasteiger partial charge in [-0.3, -0.25) is 4.79 Å². The maximum Gasteiger partial charge on any atom is 0.170 e. The molecule has 0 aromatic carbocycles. The number of carbonyl (C=O) groups excluding carboxylic acids is 1. The van der Waals surface area contributed by atoms with Gasteiger partial charge in [-0.1, -0.05) is 0 Å². The standard InChI is InChI=1S/C9H12N2O/c1-8(12)9(7-10)5-4-6-11(2)3/h4-6H,1-3H3. The number of carbonyl (C=O) groups is 1. The van der Waals surface area contributed by atoms with Crippen LogP contribution in [0.2, 0.25) is 0 Å². The summed E-state index contributed by atoms with van der Waals surface area (Å²) in [5.74, 6) is -0.207. The van der Waals surface area contributed by atoms with E-state index in [0.29, 0.717) is 0 Å². The number of hydrogen-bond donors (Lipinski definition) is 0. The Balaban J connectivity index is 4.35. The van der Waals surface area contributed by atoms with Crippen LogP contribution in [0.5, 0.6) is 0 Å². The van der Waals surface area contributed by atoms with E-state index in [0.717, 1.165) is 0 Å². The first-order valence-electron chi connectivity index (χ1n) is 3.54. The van der Waals surface area contributed by atoms with Crippen molar-refractivity contribution in [3.8, 4) is 6.07 Å². The molecule has 64 valence electrons. The Morgan fingerprint density at radius 2 is 2.08 bits per heavy atom. The minimum Gasteiger partial charge on any atom is -0.383 e. The van der Waals surface area contributed by atoms with E-state index < -0.39 is 0 Å². The highest BCUT2D eigenvalue weighted by molar-refractivity contribution is 5.97. The molecule has 0 heterocycles. The summed E-state index contributed by atoms with van der Waals surface area (Å²) in [7, 11) is 3.73. The minimum absolute atomic E-state index is 0.174. The average molecular weight is 164 g/mol. The lowest BCUT2D eigenvalue weighted by Crippen LogP contribution is -1.99. The number of Topliss-reactive ketones (excluding diaryl/α,β-unsaturated/α-hetero) is 1. The third-order valence-corrected chi connectivity index (χ3v) is 1.15. The van der Waals surface area contributed by atoms with Crippen molar-refractivity contribution < 1.29 is 4.79 Å². The number of nitrogens with zero attached hydrogens (tertiary/aromatic N) is 2. The molecule has 0 aromatic heterocycles. The van der Waals surface area contributed by atoms with Crippen molar-refractivity contribution in [1.29, 1.82) is 5.26 Å². The van der Waals surface area contributed by atoms with Crippen LogP contribution in [0.25, 0.3) is 0 Å². The largest absolute Gasteiger partial charge is 0.383 e. The molecule has 0 radical (unpaired) electrons. The van der Waals surface area contributed by atoms with Gasteiger partial charge in [0.15, 0.2) is 5.78 Å².